The topological polar surface area (TPSA) is 34.4 Å². The van der Waals surface area contributed by atoms with Gasteiger partial charge in [-0.15, -0.1) is 0 Å². The third-order valence-corrected chi connectivity index (χ3v) is 3.67. The molecule has 0 radical (unpaired) electrons. The van der Waals surface area contributed by atoms with Crippen LogP contribution >= 0.6 is 15.9 Å². The molecule has 1 N–H and O–H groups in total. The van der Waals surface area contributed by atoms with E-state index >= 15 is 0 Å². The molecule has 108 valence electrons. The Kier molecular flexibility index (Phi) is 5.26. The summed E-state index contributed by atoms with van der Waals surface area (Å²) in [5, 5.41) is 3.52. The average molecular weight is 338 g/mol. The average Bonchev–Trinajstić information content (AvgIpc) is 2.87. The van der Waals surface area contributed by atoms with Crippen LogP contribution in [-0.4, -0.2) is 13.7 Å². The molecule has 0 saturated heterocycles. The van der Waals surface area contributed by atoms with Crippen molar-refractivity contribution in [3.05, 3.63) is 51.9 Å². The molecule has 1 aromatic carbocycles. The Morgan fingerprint density at radius 3 is 2.70 bits per heavy atom. The molecule has 1 atom stereocenters. The summed E-state index contributed by atoms with van der Waals surface area (Å²) in [4.78, 5) is 0. The van der Waals surface area contributed by atoms with Crippen molar-refractivity contribution in [2.45, 2.75) is 26.3 Å². The van der Waals surface area contributed by atoms with E-state index in [1.54, 1.807) is 7.11 Å². The monoisotopic (exact) mass is 337 g/mol. The van der Waals surface area contributed by atoms with Crippen molar-refractivity contribution in [1.82, 2.24) is 5.32 Å². The Labute approximate surface area is 128 Å². The molecule has 0 aliphatic rings. The molecular weight excluding hydrogens is 318 g/mol. The van der Waals surface area contributed by atoms with Crippen molar-refractivity contribution in [2.24, 2.45) is 0 Å². The molecule has 0 saturated carbocycles. The van der Waals surface area contributed by atoms with Crippen molar-refractivity contribution in [3.63, 3.8) is 0 Å². The van der Waals surface area contributed by atoms with Crippen molar-refractivity contribution in [1.29, 1.82) is 0 Å². The third kappa shape index (κ3) is 3.44. The van der Waals surface area contributed by atoms with E-state index in [1.807, 2.05) is 19.1 Å². The summed E-state index contributed by atoms with van der Waals surface area (Å²) in [6, 6.07) is 10.2. The lowest BCUT2D eigenvalue weighted by atomic mass is 10.0. The summed E-state index contributed by atoms with van der Waals surface area (Å²) in [6.45, 7) is 5.12. The maximum absolute atomic E-state index is 5.71. The first-order valence-electron chi connectivity index (χ1n) is 6.79. The number of benzene rings is 1. The summed E-state index contributed by atoms with van der Waals surface area (Å²) < 4.78 is 11.9. The fourth-order valence-electron chi connectivity index (χ4n) is 2.17. The summed E-state index contributed by atoms with van der Waals surface area (Å²) in [5.41, 5.74) is 2.27. The number of methoxy groups -OCH3 is 1. The lowest BCUT2D eigenvalue weighted by Crippen LogP contribution is -2.22. The van der Waals surface area contributed by atoms with Gasteiger partial charge in [-0.1, -0.05) is 19.1 Å². The van der Waals surface area contributed by atoms with Gasteiger partial charge in [0, 0.05) is 0 Å². The van der Waals surface area contributed by atoms with E-state index in [4.69, 9.17) is 9.15 Å². The molecular formula is C16H20BrNO2. The van der Waals surface area contributed by atoms with Crippen molar-refractivity contribution in [2.75, 3.05) is 13.7 Å². The largest absolute Gasteiger partial charge is 0.496 e. The molecule has 1 heterocycles. The lowest BCUT2D eigenvalue weighted by molar-refractivity contribution is 0.407. The van der Waals surface area contributed by atoms with Crippen molar-refractivity contribution in [3.8, 4) is 5.75 Å². The molecule has 0 fully saturated rings. The van der Waals surface area contributed by atoms with Gasteiger partial charge < -0.3 is 14.5 Å². The second-order valence-electron chi connectivity index (χ2n) is 4.76. The van der Waals surface area contributed by atoms with Crippen LogP contribution in [0.2, 0.25) is 0 Å². The first-order chi connectivity index (χ1) is 9.65. The normalized spacial score (nSPS) is 12.4. The highest BCUT2D eigenvalue weighted by atomic mass is 79.9. The van der Waals surface area contributed by atoms with Crippen LogP contribution < -0.4 is 10.1 Å². The standard InChI is InChI=1S/C16H20BrNO2/c1-4-9-18-16(13-7-8-15(17)20-13)12-6-5-11(2)14(10-12)19-3/h5-8,10,16,18H,4,9H2,1-3H3. The van der Waals surface area contributed by atoms with Gasteiger partial charge in [0.05, 0.1) is 13.2 Å². The van der Waals surface area contributed by atoms with Gasteiger partial charge in [-0.3, -0.25) is 0 Å². The van der Waals surface area contributed by atoms with Crippen LogP contribution in [-0.2, 0) is 0 Å². The summed E-state index contributed by atoms with van der Waals surface area (Å²) in [5.74, 6) is 1.80. The highest BCUT2D eigenvalue weighted by molar-refractivity contribution is 9.10. The van der Waals surface area contributed by atoms with E-state index in [9.17, 15) is 0 Å². The molecule has 0 spiro atoms. The SMILES string of the molecule is CCCNC(c1ccc(C)c(OC)c1)c1ccc(Br)o1. The molecule has 0 aliphatic heterocycles. The fraction of sp³-hybridized carbons (Fsp3) is 0.375. The van der Waals surface area contributed by atoms with Gasteiger partial charge >= 0.3 is 0 Å². The maximum atomic E-state index is 5.71. The first kappa shape index (κ1) is 15.1. The molecule has 2 rings (SSSR count). The Balaban J connectivity index is 2.35. The van der Waals surface area contributed by atoms with E-state index in [1.165, 1.54) is 0 Å². The quantitative estimate of drug-likeness (QED) is 0.845. The zero-order valence-corrected chi connectivity index (χ0v) is 13.7. The Bertz CT molecular complexity index is 565. The number of furan rings is 1. The van der Waals surface area contributed by atoms with Crippen LogP contribution in [0.5, 0.6) is 5.75 Å². The van der Waals surface area contributed by atoms with Gasteiger partial charge in [-0.05, 0) is 65.1 Å². The lowest BCUT2D eigenvalue weighted by Gasteiger charge is -2.18. The predicted octanol–water partition coefficient (Wildman–Crippen LogP) is 4.45. The Morgan fingerprint density at radius 2 is 2.10 bits per heavy atom. The molecule has 4 heteroatoms. The van der Waals surface area contributed by atoms with Crippen molar-refractivity contribution < 1.29 is 9.15 Å². The van der Waals surface area contributed by atoms with Gasteiger partial charge in [-0.2, -0.15) is 0 Å². The second kappa shape index (κ2) is 6.95. The van der Waals surface area contributed by atoms with E-state index in [0.29, 0.717) is 0 Å². The van der Waals surface area contributed by atoms with Crippen LogP contribution in [0.4, 0.5) is 0 Å². The van der Waals surface area contributed by atoms with E-state index in [-0.39, 0.29) is 6.04 Å². The zero-order chi connectivity index (χ0) is 14.5. The number of rotatable bonds is 6. The number of hydrogen-bond donors (Lipinski definition) is 1. The fourth-order valence-corrected chi connectivity index (χ4v) is 2.49. The number of ether oxygens (including phenoxy) is 1. The van der Waals surface area contributed by atoms with Crippen LogP contribution in [0.15, 0.2) is 39.4 Å². The molecule has 0 bridgehead atoms. The summed E-state index contributed by atoms with van der Waals surface area (Å²) >= 11 is 3.36. The third-order valence-electron chi connectivity index (χ3n) is 3.24. The highest BCUT2D eigenvalue weighted by Gasteiger charge is 2.18. The number of nitrogens with one attached hydrogen (secondary N) is 1. The van der Waals surface area contributed by atoms with Gasteiger partial charge in [0.15, 0.2) is 4.67 Å². The van der Waals surface area contributed by atoms with Gasteiger partial charge in [0.2, 0.25) is 0 Å². The van der Waals surface area contributed by atoms with E-state index in [2.05, 4.69) is 46.4 Å². The zero-order valence-electron chi connectivity index (χ0n) is 12.1. The van der Waals surface area contributed by atoms with E-state index in [0.717, 1.165) is 40.3 Å². The van der Waals surface area contributed by atoms with Gasteiger partial charge in [-0.25, -0.2) is 0 Å². The first-order valence-corrected chi connectivity index (χ1v) is 7.58. The number of hydrogen-bond acceptors (Lipinski definition) is 3. The molecule has 2 aromatic rings. The van der Waals surface area contributed by atoms with Crippen LogP contribution in [0.25, 0.3) is 0 Å². The Morgan fingerprint density at radius 1 is 1.30 bits per heavy atom. The minimum absolute atomic E-state index is 0.0377. The number of halogens is 1. The van der Waals surface area contributed by atoms with E-state index < -0.39 is 0 Å². The molecule has 20 heavy (non-hydrogen) atoms. The van der Waals surface area contributed by atoms with Gasteiger partial charge in [0.1, 0.15) is 11.5 Å². The minimum atomic E-state index is 0.0377. The second-order valence-corrected chi connectivity index (χ2v) is 5.54. The summed E-state index contributed by atoms with van der Waals surface area (Å²) in [6.07, 6.45) is 1.07. The van der Waals surface area contributed by atoms with Crippen molar-refractivity contribution >= 4 is 15.9 Å². The molecule has 1 aromatic heterocycles. The maximum Gasteiger partial charge on any atom is 0.169 e. The molecule has 0 aliphatic carbocycles. The predicted molar refractivity (Wildman–Crippen MR) is 84.3 cm³/mol. The number of aryl methyl sites for hydroxylation is 1. The Hall–Kier alpha value is -1.26. The summed E-state index contributed by atoms with van der Waals surface area (Å²) in [7, 11) is 1.70. The molecule has 3 nitrogen and oxygen atoms in total. The van der Waals surface area contributed by atoms with Crippen LogP contribution in [0.3, 0.4) is 0 Å². The molecule has 0 amide bonds. The van der Waals surface area contributed by atoms with Crippen LogP contribution in [0, 0.1) is 6.92 Å². The smallest absolute Gasteiger partial charge is 0.169 e. The van der Waals surface area contributed by atoms with Gasteiger partial charge in [0.25, 0.3) is 0 Å². The molecule has 1 unspecified atom stereocenters. The van der Waals surface area contributed by atoms with Crippen LogP contribution in [0.1, 0.15) is 36.3 Å². The highest BCUT2D eigenvalue weighted by Crippen LogP contribution is 2.29. The minimum Gasteiger partial charge on any atom is -0.496 e.